The number of nitrogens with zero attached hydrogens (tertiary/aromatic N) is 3. The van der Waals surface area contributed by atoms with Crippen molar-refractivity contribution in [3.8, 4) is 5.75 Å². The molecule has 1 fully saturated rings. The molecule has 5 nitrogen and oxygen atoms in total. The number of benzene rings is 3. The molecule has 1 aromatic heterocycles. The highest BCUT2D eigenvalue weighted by atomic mass is 16.5. The van der Waals surface area contributed by atoms with Crippen molar-refractivity contribution in [3.05, 3.63) is 96.3 Å². The van der Waals surface area contributed by atoms with Crippen molar-refractivity contribution < 1.29 is 9.53 Å². The van der Waals surface area contributed by atoms with Gasteiger partial charge in [0.25, 0.3) is 0 Å². The van der Waals surface area contributed by atoms with Crippen LogP contribution in [0.15, 0.2) is 84.9 Å². The van der Waals surface area contributed by atoms with Gasteiger partial charge >= 0.3 is 0 Å². The van der Waals surface area contributed by atoms with Crippen LogP contribution in [0.5, 0.6) is 5.75 Å². The van der Waals surface area contributed by atoms with E-state index in [1.54, 1.807) is 0 Å². The van der Waals surface area contributed by atoms with E-state index in [2.05, 4.69) is 34.9 Å². The van der Waals surface area contributed by atoms with Crippen molar-refractivity contribution in [1.82, 2.24) is 9.55 Å². The first-order valence-corrected chi connectivity index (χ1v) is 11.4. The first kappa shape index (κ1) is 21.0. The zero-order valence-corrected chi connectivity index (χ0v) is 18.7. The van der Waals surface area contributed by atoms with Crippen LogP contribution in [0.3, 0.4) is 0 Å². The lowest BCUT2D eigenvalue weighted by molar-refractivity contribution is -0.117. The van der Waals surface area contributed by atoms with Crippen molar-refractivity contribution >= 4 is 28.7 Å². The SMILES string of the molecule is CCOc1ccc(N2CC(c3nc4ccccc4n3C/C=C/c3ccccc3)CC2=O)cc1. The second-order valence-electron chi connectivity index (χ2n) is 8.21. The summed E-state index contributed by atoms with van der Waals surface area (Å²) in [6.07, 6.45) is 4.75. The standard InChI is InChI=1S/C28H27N3O2/c1-2-33-24-16-14-23(15-17-24)31-20-22(19-27(31)32)28-29-25-12-6-7-13-26(25)30(28)18-8-11-21-9-4-3-5-10-21/h3-17,22H,2,18-20H2,1H3/b11-8+. The van der Waals surface area contributed by atoms with E-state index in [9.17, 15) is 4.79 Å². The van der Waals surface area contributed by atoms with E-state index < -0.39 is 0 Å². The lowest BCUT2D eigenvalue weighted by atomic mass is 10.1. The Kier molecular flexibility index (Phi) is 5.94. The zero-order chi connectivity index (χ0) is 22.6. The summed E-state index contributed by atoms with van der Waals surface area (Å²) in [5, 5.41) is 0. The molecule has 1 atom stereocenters. The molecule has 4 aromatic rings. The second-order valence-corrected chi connectivity index (χ2v) is 8.21. The van der Waals surface area contributed by atoms with Gasteiger partial charge in [-0.3, -0.25) is 4.79 Å². The summed E-state index contributed by atoms with van der Waals surface area (Å²) in [7, 11) is 0. The van der Waals surface area contributed by atoms with Gasteiger partial charge in [-0.15, -0.1) is 0 Å². The number of hydrogen-bond donors (Lipinski definition) is 0. The number of amides is 1. The van der Waals surface area contributed by atoms with E-state index in [0.717, 1.165) is 28.3 Å². The second kappa shape index (κ2) is 9.33. The number of fused-ring (bicyclic) bond motifs is 1. The molecule has 0 saturated carbocycles. The first-order valence-electron chi connectivity index (χ1n) is 11.4. The van der Waals surface area contributed by atoms with Gasteiger partial charge < -0.3 is 14.2 Å². The quantitative estimate of drug-likeness (QED) is 0.374. The molecular weight excluding hydrogens is 410 g/mol. The first-order chi connectivity index (χ1) is 16.2. The van der Waals surface area contributed by atoms with Crippen molar-refractivity contribution in [2.75, 3.05) is 18.1 Å². The van der Waals surface area contributed by atoms with Gasteiger partial charge in [0.2, 0.25) is 5.91 Å². The van der Waals surface area contributed by atoms with Gasteiger partial charge in [0.05, 0.1) is 17.6 Å². The highest BCUT2D eigenvalue weighted by Gasteiger charge is 2.34. The molecule has 0 aliphatic carbocycles. The minimum Gasteiger partial charge on any atom is -0.494 e. The number of anilines is 1. The van der Waals surface area contributed by atoms with Gasteiger partial charge in [-0.2, -0.15) is 0 Å². The smallest absolute Gasteiger partial charge is 0.227 e. The number of carbonyl (C=O) groups is 1. The van der Waals surface area contributed by atoms with Crippen molar-refractivity contribution in [1.29, 1.82) is 0 Å². The predicted octanol–water partition coefficient (Wildman–Crippen LogP) is 5.67. The average Bonchev–Trinajstić information content (AvgIpc) is 3.41. The van der Waals surface area contributed by atoms with E-state index in [4.69, 9.17) is 9.72 Å². The summed E-state index contributed by atoms with van der Waals surface area (Å²) in [5.41, 5.74) is 4.13. The van der Waals surface area contributed by atoms with Crippen LogP contribution in [0.4, 0.5) is 5.69 Å². The minimum absolute atomic E-state index is 0.0431. The lowest BCUT2D eigenvalue weighted by Gasteiger charge is -2.17. The van der Waals surface area contributed by atoms with Crippen LogP contribution in [-0.2, 0) is 11.3 Å². The summed E-state index contributed by atoms with van der Waals surface area (Å²) < 4.78 is 7.78. The Morgan fingerprint density at radius 1 is 1.00 bits per heavy atom. The highest BCUT2D eigenvalue weighted by Crippen LogP contribution is 2.34. The molecule has 0 radical (unpaired) electrons. The number of rotatable bonds is 7. The molecule has 2 heterocycles. The van der Waals surface area contributed by atoms with E-state index in [0.29, 0.717) is 26.1 Å². The fourth-order valence-electron chi connectivity index (χ4n) is 4.48. The van der Waals surface area contributed by atoms with Crippen LogP contribution in [0.2, 0.25) is 0 Å². The largest absolute Gasteiger partial charge is 0.494 e. The van der Waals surface area contributed by atoms with Gasteiger partial charge in [-0.05, 0) is 48.9 Å². The maximum Gasteiger partial charge on any atom is 0.227 e. The number of hydrogen-bond acceptors (Lipinski definition) is 3. The summed E-state index contributed by atoms with van der Waals surface area (Å²) in [6.45, 7) is 3.92. The fourth-order valence-corrected chi connectivity index (χ4v) is 4.48. The lowest BCUT2D eigenvalue weighted by Crippen LogP contribution is -2.24. The molecule has 3 aromatic carbocycles. The highest BCUT2D eigenvalue weighted by molar-refractivity contribution is 5.96. The number of imidazole rings is 1. The Bertz CT molecular complexity index is 1280. The normalized spacial score (nSPS) is 16.2. The van der Waals surface area contributed by atoms with E-state index in [-0.39, 0.29) is 11.8 Å². The van der Waals surface area contributed by atoms with Crippen LogP contribution >= 0.6 is 0 Å². The molecule has 1 unspecified atom stereocenters. The summed E-state index contributed by atoms with van der Waals surface area (Å²) in [4.78, 5) is 19.8. The molecule has 1 aliphatic heterocycles. The Morgan fingerprint density at radius 3 is 2.55 bits per heavy atom. The number of allylic oxidation sites excluding steroid dienone is 1. The molecule has 1 amide bonds. The van der Waals surface area contributed by atoms with Gasteiger partial charge in [0.15, 0.2) is 0 Å². The molecule has 0 N–H and O–H groups in total. The molecule has 5 heteroatoms. The maximum absolute atomic E-state index is 12.9. The molecule has 0 spiro atoms. The van der Waals surface area contributed by atoms with Gasteiger partial charge in [0, 0.05) is 31.1 Å². The number of ether oxygens (including phenoxy) is 1. The van der Waals surface area contributed by atoms with Crippen LogP contribution in [0.25, 0.3) is 17.1 Å². The van der Waals surface area contributed by atoms with Crippen LogP contribution < -0.4 is 9.64 Å². The van der Waals surface area contributed by atoms with Crippen molar-refractivity contribution in [2.45, 2.75) is 25.8 Å². The fraction of sp³-hybridized carbons (Fsp3) is 0.214. The van der Waals surface area contributed by atoms with E-state index >= 15 is 0 Å². The zero-order valence-electron chi connectivity index (χ0n) is 18.7. The van der Waals surface area contributed by atoms with Crippen molar-refractivity contribution in [2.24, 2.45) is 0 Å². The molecule has 33 heavy (non-hydrogen) atoms. The summed E-state index contributed by atoms with van der Waals surface area (Å²) in [6, 6.07) is 26.2. The van der Waals surface area contributed by atoms with E-state index in [1.165, 1.54) is 5.56 Å². The third-order valence-electron chi connectivity index (χ3n) is 6.03. The average molecular weight is 438 g/mol. The molecule has 1 saturated heterocycles. The van der Waals surface area contributed by atoms with Gasteiger partial charge in [0.1, 0.15) is 11.6 Å². The minimum atomic E-state index is 0.0431. The Balaban J connectivity index is 1.41. The Morgan fingerprint density at radius 2 is 1.76 bits per heavy atom. The predicted molar refractivity (Wildman–Crippen MR) is 133 cm³/mol. The van der Waals surface area contributed by atoms with Crippen molar-refractivity contribution in [3.63, 3.8) is 0 Å². The monoisotopic (exact) mass is 437 g/mol. The summed E-state index contributed by atoms with van der Waals surface area (Å²) >= 11 is 0. The number of aromatic nitrogens is 2. The van der Waals surface area contributed by atoms with Crippen LogP contribution in [0.1, 0.15) is 30.7 Å². The molecule has 166 valence electrons. The third kappa shape index (κ3) is 4.40. The molecular formula is C28H27N3O2. The summed E-state index contributed by atoms with van der Waals surface area (Å²) in [5.74, 6) is 1.95. The maximum atomic E-state index is 12.9. The molecule has 1 aliphatic rings. The Hall–Kier alpha value is -3.86. The molecule has 5 rings (SSSR count). The van der Waals surface area contributed by atoms with Gasteiger partial charge in [-0.25, -0.2) is 4.98 Å². The third-order valence-corrected chi connectivity index (χ3v) is 6.03. The van der Waals surface area contributed by atoms with Crippen LogP contribution in [-0.4, -0.2) is 28.6 Å². The molecule has 0 bridgehead atoms. The van der Waals surface area contributed by atoms with Gasteiger partial charge in [-0.1, -0.05) is 54.6 Å². The van der Waals surface area contributed by atoms with E-state index in [1.807, 2.05) is 72.5 Å². The Labute approximate surface area is 193 Å². The topological polar surface area (TPSA) is 47.4 Å². The number of para-hydroxylation sites is 2. The number of carbonyl (C=O) groups excluding carboxylic acids is 1. The van der Waals surface area contributed by atoms with Crippen LogP contribution in [0, 0.1) is 0 Å².